The van der Waals surface area contributed by atoms with Gasteiger partial charge in [0.25, 0.3) is 0 Å². The quantitative estimate of drug-likeness (QED) is 0.810. The summed E-state index contributed by atoms with van der Waals surface area (Å²) in [6.45, 7) is 1.98. The minimum atomic E-state index is 0.268. The number of nitrogens with two attached hydrogens (primary N) is 1. The smallest absolute Gasteiger partial charge is 0.0902 e. The predicted molar refractivity (Wildman–Crippen MR) is 69.1 cm³/mol. The maximum atomic E-state index is 5.79. The van der Waals surface area contributed by atoms with Gasteiger partial charge in [0.05, 0.1) is 11.0 Å². The van der Waals surface area contributed by atoms with Crippen molar-refractivity contribution in [2.24, 2.45) is 5.73 Å². The van der Waals surface area contributed by atoms with Crippen molar-refractivity contribution in [2.75, 3.05) is 6.54 Å². The van der Waals surface area contributed by atoms with Crippen molar-refractivity contribution >= 4 is 17.2 Å². The van der Waals surface area contributed by atoms with Crippen LogP contribution < -0.4 is 5.73 Å². The highest BCUT2D eigenvalue weighted by Gasteiger charge is 2.24. The second-order valence-electron chi connectivity index (χ2n) is 4.25. The molecule has 0 aliphatic carbocycles. The highest BCUT2D eigenvalue weighted by molar-refractivity contribution is 7.80. The first-order chi connectivity index (χ1) is 7.77. The monoisotopic (exact) mass is 235 g/mol. The van der Waals surface area contributed by atoms with E-state index in [1.165, 1.54) is 18.4 Å². The number of hydrogen-bond donors (Lipinski definition) is 1. The molecule has 1 unspecified atom stereocenters. The number of rotatable bonds is 3. The second-order valence-corrected chi connectivity index (χ2v) is 4.72. The summed E-state index contributed by atoms with van der Waals surface area (Å²) < 4.78 is 0. The van der Waals surface area contributed by atoms with E-state index in [2.05, 4.69) is 16.0 Å². The Labute approximate surface area is 102 Å². The van der Waals surface area contributed by atoms with Gasteiger partial charge in [0.2, 0.25) is 0 Å². The van der Waals surface area contributed by atoms with Gasteiger partial charge in [-0.05, 0) is 31.0 Å². The average molecular weight is 235 g/mol. The summed E-state index contributed by atoms with van der Waals surface area (Å²) in [7, 11) is 0. The topological polar surface area (TPSA) is 42.1 Å². The number of hydrogen-bond acceptors (Lipinski definition) is 3. The van der Waals surface area contributed by atoms with Gasteiger partial charge in [0.15, 0.2) is 0 Å². The van der Waals surface area contributed by atoms with E-state index < -0.39 is 0 Å². The molecule has 2 heterocycles. The third kappa shape index (κ3) is 2.77. The molecule has 4 heteroatoms. The van der Waals surface area contributed by atoms with Gasteiger partial charge in [-0.1, -0.05) is 24.7 Å². The molecule has 0 aromatic carbocycles. The standard InChI is InChI=1S/C12H17N3S/c13-12(16)11-5-1-2-7-15(11)9-10-4-3-6-14-8-10/h3-4,6,8,11H,1-2,5,7,9H2,(H2,13,16). The molecular weight excluding hydrogens is 218 g/mol. The Morgan fingerprint density at radius 3 is 3.12 bits per heavy atom. The maximum Gasteiger partial charge on any atom is 0.0902 e. The van der Waals surface area contributed by atoms with Gasteiger partial charge in [0.1, 0.15) is 0 Å². The van der Waals surface area contributed by atoms with Crippen LogP contribution in [0.2, 0.25) is 0 Å². The Kier molecular flexibility index (Phi) is 3.85. The van der Waals surface area contributed by atoms with Gasteiger partial charge in [-0.15, -0.1) is 0 Å². The molecule has 0 amide bonds. The molecule has 0 bridgehead atoms. The second kappa shape index (κ2) is 5.37. The van der Waals surface area contributed by atoms with E-state index in [-0.39, 0.29) is 6.04 Å². The fourth-order valence-corrected chi connectivity index (χ4v) is 2.50. The number of likely N-dealkylation sites (tertiary alicyclic amines) is 1. The minimum Gasteiger partial charge on any atom is -0.392 e. The number of thiocarbonyl (C=S) groups is 1. The van der Waals surface area contributed by atoms with E-state index in [0.717, 1.165) is 19.5 Å². The molecule has 1 atom stereocenters. The summed E-state index contributed by atoms with van der Waals surface area (Å²) >= 11 is 5.13. The fraction of sp³-hybridized carbons (Fsp3) is 0.500. The number of nitrogens with zero attached hydrogens (tertiary/aromatic N) is 2. The van der Waals surface area contributed by atoms with Crippen molar-refractivity contribution < 1.29 is 0 Å². The molecule has 3 nitrogen and oxygen atoms in total. The van der Waals surface area contributed by atoms with Crippen LogP contribution in [0.4, 0.5) is 0 Å². The Balaban J connectivity index is 2.04. The highest BCUT2D eigenvalue weighted by Crippen LogP contribution is 2.19. The van der Waals surface area contributed by atoms with E-state index in [9.17, 15) is 0 Å². The lowest BCUT2D eigenvalue weighted by Gasteiger charge is -2.34. The van der Waals surface area contributed by atoms with E-state index in [4.69, 9.17) is 18.0 Å². The molecular formula is C12H17N3S. The number of piperidine rings is 1. The predicted octanol–water partition coefficient (Wildman–Crippen LogP) is 1.72. The van der Waals surface area contributed by atoms with Gasteiger partial charge < -0.3 is 5.73 Å². The van der Waals surface area contributed by atoms with E-state index in [0.29, 0.717) is 4.99 Å². The first-order valence-electron chi connectivity index (χ1n) is 5.69. The van der Waals surface area contributed by atoms with Gasteiger partial charge in [-0.25, -0.2) is 0 Å². The molecule has 1 aliphatic rings. The number of aromatic nitrogens is 1. The Hall–Kier alpha value is -1.00. The Bertz CT molecular complexity index is 353. The molecule has 1 aromatic heterocycles. The Morgan fingerprint density at radius 2 is 2.44 bits per heavy atom. The van der Waals surface area contributed by atoms with Crippen LogP contribution in [0.1, 0.15) is 24.8 Å². The van der Waals surface area contributed by atoms with E-state index in [1.807, 2.05) is 12.3 Å². The Morgan fingerprint density at radius 1 is 1.56 bits per heavy atom. The van der Waals surface area contributed by atoms with Crippen molar-refractivity contribution in [1.82, 2.24) is 9.88 Å². The van der Waals surface area contributed by atoms with Crippen molar-refractivity contribution in [3.8, 4) is 0 Å². The van der Waals surface area contributed by atoms with Crippen molar-refractivity contribution in [3.05, 3.63) is 30.1 Å². The summed E-state index contributed by atoms with van der Waals surface area (Å²) in [6, 6.07) is 4.33. The van der Waals surface area contributed by atoms with Crippen LogP contribution in [-0.2, 0) is 6.54 Å². The van der Waals surface area contributed by atoms with Gasteiger partial charge >= 0.3 is 0 Å². The highest BCUT2D eigenvalue weighted by atomic mass is 32.1. The van der Waals surface area contributed by atoms with Crippen LogP contribution in [0.5, 0.6) is 0 Å². The molecule has 2 N–H and O–H groups in total. The third-order valence-corrected chi connectivity index (χ3v) is 3.32. The summed E-state index contributed by atoms with van der Waals surface area (Å²) in [4.78, 5) is 7.12. The fourth-order valence-electron chi connectivity index (χ4n) is 2.23. The SMILES string of the molecule is NC(=S)C1CCCCN1Cc1cccnc1. The summed E-state index contributed by atoms with van der Waals surface area (Å²) in [5.41, 5.74) is 7.01. The minimum absolute atomic E-state index is 0.268. The molecule has 1 fully saturated rings. The van der Waals surface area contributed by atoms with Gasteiger partial charge in [-0.3, -0.25) is 9.88 Å². The van der Waals surface area contributed by atoms with Crippen LogP contribution in [0.25, 0.3) is 0 Å². The van der Waals surface area contributed by atoms with Gasteiger partial charge in [-0.2, -0.15) is 0 Å². The van der Waals surface area contributed by atoms with Crippen LogP contribution in [0.15, 0.2) is 24.5 Å². The summed E-state index contributed by atoms with van der Waals surface area (Å²) in [5, 5.41) is 0. The lowest BCUT2D eigenvalue weighted by Crippen LogP contribution is -2.46. The van der Waals surface area contributed by atoms with Crippen molar-refractivity contribution in [1.29, 1.82) is 0 Å². The van der Waals surface area contributed by atoms with Crippen LogP contribution in [0.3, 0.4) is 0 Å². The third-order valence-electron chi connectivity index (χ3n) is 3.05. The molecule has 16 heavy (non-hydrogen) atoms. The van der Waals surface area contributed by atoms with Crippen LogP contribution in [0, 0.1) is 0 Å². The first-order valence-corrected chi connectivity index (χ1v) is 6.10. The largest absolute Gasteiger partial charge is 0.392 e. The molecule has 2 rings (SSSR count). The summed E-state index contributed by atoms with van der Waals surface area (Å²) in [6.07, 6.45) is 7.26. The maximum absolute atomic E-state index is 5.79. The molecule has 0 saturated carbocycles. The summed E-state index contributed by atoms with van der Waals surface area (Å²) in [5.74, 6) is 0. The molecule has 1 aromatic rings. The lowest BCUT2D eigenvalue weighted by molar-refractivity contribution is 0.184. The van der Waals surface area contributed by atoms with Crippen LogP contribution >= 0.6 is 12.2 Å². The zero-order valence-corrected chi connectivity index (χ0v) is 10.1. The molecule has 86 valence electrons. The zero-order valence-electron chi connectivity index (χ0n) is 9.30. The average Bonchev–Trinajstić information content (AvgIpc) is 2.31. The molecule has 1 saturated heterocycles. The lowest BCUT2D eigenvalue weighted by atomic mass is 10.0. The number of pyridine rings is 1. The molecule has 1 aliphatic heterocycles. The van der Waals surface area contributed by atoms with E-state index >= 15 is 0 Å². The normalized spacial score (nSPS) is 21.9. The van der Waals surface area contributed by atoms with Gasteiger partial charge in [0, 0.05) is 18.9 Å². The van der Waals surface area contributed by atoms with Crippen LogP contribution in [-0.4, -0.2) is 27.5 Å². The van der Waals surface area contributed by atoms with Crippen molar-refractivity contribution in [2.45, 2.75) is 31.8 Å². The van der Waals surface area contributed by atoms with Crippen molar-refractivity contribution in [3.63, 3.8) is 0 Å². The molecule has 0 radical (unpaired) electrons. The molecule has 0 spiro atoms. The van der Waals surface area contributed by atoms with E-state index in [1.54, 1.807) is 6.20 Å². The first kappa shape index (κ1) is 11.5. The zero-order chi connectivity index (χ0) is 11.4.